The third kappa shape index (κ3) is 4.90. The van der Waals surface area contributed by atoms with Gasteiger partial charge in [0.25, 0.3) is 5.91 Å². The fourth-order valence-corrected chi connectivity index (χ4v) is 5.66. The molecule has 3 aromatic rings. The van der Waals surface area contributed by atoms with Gasteiger partial charge in [0.15, 0.2) is 17.3 Å². The van der Waals surface area contributed by atoms with Crippen LogP contribution in [0.5, 0.6) is 0 Å². The number of nitrogens with zero attached hydrogens (tertiary/aromatic N) is 6. The molecule has 13 heteroatoms. The second-order valence-electron chi connectivity index (χ2n) is 9.44. The minimum atomic E-state index is -0.544. The molecule has 3 atom stereocenters. The molecular formula is C27H33N9O4. The first-order valence-corrected chi connectivity index (χ1v) is 13.1. The summed E-state index contributed by atoms with van der Waals surface area (Å²) < 4.78 is 6.15. The molecule has 2 fully saturated rings. The number of methoxy groups -OCH3 is 1. The number of nitrogen functional groups attached to an aromatic ring is 1. The molecule has 40 heavy (non-hydrogen) atoms. The summed E-state index contributed by atoms with van der Waals surface area (Å²) in [6.07, 6.45) is 6.65. The first kappa shape index (κ1) is 28.3. The number of amides is 1. The fraction of sp³-hybridized carbons (Fsp3) is 0.407. The van der Waals surface area contributed by atoms with Gasteiger partial charge in [0.2, 0.25) is 0 Å². The molecule has 0 aliphatic carbocycles. The van der Waals surface area contributed by atoms with Crippen molar-refractivity contribution in [3.63, 3.8) is 0 Å². The highest BCUT2D eigenvalue weighted by Gasteiger charge is 2.45. The number of nitrogens with one attached hydrogen (secondary N) is 1. The molecule has 13 nitrogen and oxygen atoms in total. The Kier molecular flexibility index (Phi) is 8.21. The molecule has 3 aromatic heterocycles. The normalized spacial score (nSPS) is 20.1. The first-order valence-electron chi connectivity index (χ1n) is 13.1. The Morgan fingerprint density at radius 1 is 1.15 bits per heavy atom. The number of pyridine rings is 1. The van der Waals surface area contributed by atoms with Gasteiger partial charge in [-0.05, 0) is 38.7 Å². The van der Waals surface area contributed by atoms with E-state index in [9.17, 15) is 14.4 Å². The van der Waals surface area contributed by atoms with Gasteiger partial charge in [-0.3, -0.25) is 15.0 Å². The Hall–Kier alpha value is -4.68. The van der Waals surface area contributed by atoms with Crippen LogP contribution in [0.2, 0.25) is 0 Å². The van der Waals surface area contributed by atoms with Crippen molar-refractivity contribution in [3.8, 4) is 11.1 Å². The molecule has 2 saturated heterocycles. The molecule has 0 spiro atoms. The van der Waals surface area contributed by atoms with E-state index >= 15 is 0 Å². The number of anilines is 1. The molecule has 5 N–H and O–H groups in total. The number of carbonyl (C=O) groups excluding carboxylic acids is 3. The van der Waals surface area contributed by atoms with Crippen LogP contribution >= 0.6 is 0 Å². The van der Waals surface area contributed by atoms with Crippen molar-refractivity contribution in [1.29, 1.82) is 5.41 Å². The molecule has 2 bridgehead atoms. The van der Waals surface area contributed by atoms with Gasteiger partial charge in [-0.1, -0.05) is 19.9 Å². The zero-order valence-electron chi connectivity index (χ0n) is 22.9. The number of hydrogen-bond acceptors (Lipinski definition) is 9. The zero-order chi connectivity index (χ0) is 29.1. The van der Waals surface area contributed by atoms with E-state index in [1.807, 2.05) is 13.8 Å². The minimum Gasteiger partial charge on any atom is -0.464 e. The average Bonchev–Trinajstić information content (AvgIpc) is 3.51. The summed E-state index contributed by atoms with van der Waals surface area (Å²) in [6.45, 7) is 5.45. The molecule has 2 aliphatic rings. The first-order chi connectivity index (χ1) is 19.2. The van der Waals surface area contributed by atoms with Crippen LogP contribution in [-0.2, 0) is 9.53 Å². The number of piperidine rings is 1. The van der Waals surface area contributed by atoms with Crippen molar-refractivity contribution < 1.29 is 19.1 Å². The average molecular weight is 548 g/mol. The van der Waals surface area contributed by atoms with Crippen molar-refractivity contribution in [2.45, 2.75) is 64.5 Å². The van der Waals surface area contributed by atoms with Crippen LogP contribution < -0.4 is 11.5 Å². The lowest BCUT2D eigenvalue weighted by Crippen LogP contribution is -2.50. The molecule has 2 unspecified atom stereocenters. The van der Waals surface area contributed by atoms with Gasteiger partial charge >= 0.3 is 5.97 Å². The number of aliphatic imine (C=N–C) groups is 1. The standard InChI is InChI=1S/C25H27N9O4.C2H6/c1-12(35)19-20(14-7-15-4-5-16(8-14)33(15)24(36)21(27)30-11-26)32-23-17(10-31-34(23)22(19)28)13-3-6-18(29-9-13)25(37)38-2;1-2/h3,6,9-11,14-16H,4-5,7-8,28H2,1-2H3,(H3,26,27,30);1-2H3/t14?,15-,16?;/m0./s1. The fourth-order valence-electron chi connectivity index (χ4n) is 5.66. The Labute approximate surface area is 231 Å². The Morgan fingerprint density at radius 3 is 2.38 bits per heavy atom. The van der Waals surface area contributed by atoms with Crippen LogP contribution in [0.25, 0.3) is 16.8 Å². The van der Waals surface area contributed by atoms with E-state index < -0.39 is 5.97 Å². The monoisotopic (exact) mass is 547 g/mol. The van der Waals surface area contributed by atoms with Gasteiger partial charge in [-0.25, -0.2) is 19.8 Å². The second-order valence-corrected chi connectivity index (χ2v) is 9.44. The molecular weight excluding hydrogens is 514 g/mol. The van der Waals surface area contributed by atoms with Crippen LogP contribution in [0.15, 0.2) is 29.5 Å². The number of fused-ring (bicyclic) bond motifs is 3. The topological polar surface area (TPSA) is 195 Å². The number of Topliss-reactive ketones (excluding diaryl/α,β-unsaturated/α-hetero) is 1. The van der Waals surface area contributed by atoms with Gasteiger partial charge in [0.05, 0.1) is 24.6 Å². The summed E-state index contributed by atoms with van der Waals surface area (Å²) >= 11 is 0. The third-order valence-electron chi connectivity index (χ3n) is 7.31. The number of ketones is 1. The maximum absolute atomic E-state index is 12.9. The molecule has 5 heterocycles. The Morgan fingerprint density at radius 2 is 1.82 bits per heavy atom. The second kappa shape index (κ2) is 11.6. The molecule has 1 amide bonds. The van der Waals surface area contributed by atoms with E-state index in [1.165, 1.54) is 24.7 Å². The molecule has 210 valence electrons. The van der Waals surface area contributed by atoms with Gasteiger partial charge < -0.3 is 21.1 Å². The quantitative estimate of drug-likeness (QED) is 0.186. The van der Waals surface area contributed by atoms with E-state index in [1.54, 1.807) is 23.2 Å². The van der Waals surface area contributed by atoms with Crippen molar-refractivity contribution in [1.82, 2.24) is 24.5 Å². The maximum atomic E-state index is 12.9. The smallest absolute Gasteiger partial charge is 0.356 e. The number of ether oxygens (including phenoxy) is 1. The molecule has 0 saturated carbocycles. The lowest BCUT2D eigenvalue weighted by molar-refractivity contribution is -0.128. The van der Waals surface area contributed by atoms with Gasteiger partial charge in [0, 0.05) is 35.3 Å². The van der Waals surface area contributed by atoms with Gasteiger partial charge in [-0.15, -0.1) is 0 Å². The van der Waals surface area contributed by atoms with Gasteiger partial charge in [-0.2, -0.15) is 9.61 Å². The molecule has 5 rings (SSSR count). The van der Waals surface area contributed by atoms with E-state index in [-0.39, 0.29) is 47.0 Å². The lowest BCUT2D eigenvalue weighted by Gasteiger charge is -2.39. The highest BCUT2D eigenvalue weighted by atomic mass is 16.5. The van der Waals surface area contributed by atoms with Crippen molar-refractivity contribution in [2.75, 3.05) is 12.8 Å². The number of esters is 1. The summed E-state index contributed by atoms with van der Waals surface area (Å²) in [7, 11) is 1.29. The predicted octanol–water partition coefficient (Wildman–Crippen LogP) is 2.59. The summed E-state index contributed by atoms with van der Waals surface area (Å²) in [5.74, 6) is -1.28. The SMILES string of the molecule is CC.COC(=O)c1ccc(-c2cnn3c(N)c(C(C)=O)c(C4CC5CC[C@@H](C4)N5C(=O)C(N)=NC=N)nc23)cn1. The van der Waals surface area contributed by atoms with E-state index in [4.69, 9.17) is 26.6 Å². The summed E-state index contributed by atoms with van der Waals surface area (Å²) in [5, 5.41) is 11.5. The summed E-state index contributed by atoms with van der Waals surface area (Å²) in [4.78, 5) is 51.9. The highest BCUT2D eigenvalue weighted by Crippen LogP contribution is 2.44. The number of rotatable bonds is 5. The zero-order valence-corrected chi connectivity index (χ0v) is 22.9. The summed E-state index contributed by atoms with van der Waals surface area (Å²) in [6, 6.07) is 3.09. The van der Waals surface area contributed by atoms with E-state index in [0.717, 1.165) is 19.2 Å². The number of aromatic nitrogens is 4. The van der Waals surface area contributed by atoms with E-state index in [2.05, 4.69) is 15.1 Å². The van der Waals surface area contributed by atoms with Crippen molar-refractivity contribution >= 4 is 41.3 Å². The molecule has 0 radical (unpaired) electrons. The molecule has 0 aromatic carbocycles. The summed E-state index contributed by atoms with van der Waals surface area (Å²) in [5.41, 5.74) is 15.1. The molecule has 2 aliphatic heterocycles. The van der Waals surface area contributed by atoms with E-state index in [0.29, 0.717) is 40.9 Å². The van der Waals surface area contributed by atoms with Crippen LogP contribution in [0.3, 0.4) is 0 Å². The lowest BCUT2D eigenvalue weighted by atomic mass is 9.85. The number of carbonyl (C=O) groups is 3. The third-order valence-corrected chi connectivity index (χ3v) is 7.31. The van der Waals surface area contributed by atoms with Crippen LogP contribution in [0.1, 0.15) is 78.9 Å². The van der Waals surface area contributed by atoms with Crippen LogP contribution in [0, 0.1) is 5.41 Å². The highest BCUT2D eigenvalue weighted by molar-refractivity contribution is 6.38. The number of amidine groups is 1. The Balaban J connectivity index is 0.00000181. The maximum Gasteiger partial charge on any atom is 0.356 e. The number of nitrogens with two attached hydrogens (primary N) is 2. The largest absolute Gasteiger partial charge is 0.464 e. The van der Waals surface area contributed by atoms with Crippen LogP contribution in [-0.4, -0.2) is 73.5 Å². The number of hydrogen-bond donors (Lipinski definition) is 3. The Bertz CT molecular complexity index is 1480. The van der Waals surface area contributed by atoms with Gasteiger partial charge in [0.1, 0.15) is 17.9 Å². The predicted molar refractivity (Wildman–Crippen MR) is 149 cm³/mol. The van der Waals surface area contributed by atoms with Crippen molar-refractivity contribution in [2.24, 2.45) is 10.7 Å². The van der Waals surface area contributed by atoms with Crippen molar-refractivity contribution in [3.05, 3.63) is 41.5 Å². The van der Waals surface area contributed by atoms with Crippen LogP contribution in [0.4, 0.5) is 5.82 Å². The minimum absolute atomic E-state index is 0.0933.